The Labute approximate surface area is 125 Å². The molecule has 4 nitrogen and oxygen atoms in total. The van der Waals surface area contributed by atoms with Gasteiger partial charge in [0.25, 0.3) is 5.69 Å². The van der Waals surface area contributed by atoms with Crippen LogP contribution in [0.25, 0.3) is 0 Å². The monoisotopic (exact) mass is 362 g/mol. The van der Waals surface area contributed by atoms with Crippen molar-refractivity contribution < 1.29 is 13.7 Å². The molecule has 0 saturated carbocycles. The number of anilines is 1. The number of nitro benzene ring substituents is 1. The van der Waals surface area contributed by atoms with Crippen molar-refractivity contribution in [1.29, 1.82) is 0 Å². The molecule has 2 aromatic rings. The molecule has 0 radical (unpaired) electrons. The molecule has 0 aliphatic carbocycles. The molecule has 1 aromatic heterocycles. The molecule has 1 N–H and O–H groups in total. The zero-order valence-corrected chi connectivity index (χ0v) is 12.6. The quantitative estimate of drug-likeness (QED) is 0.637. The highest BCUT2D eigenvalue weighted by atomic mass is 79.9. The number of halogens is 3. The van der Waals surface area contributed by atoms with E-state index in [0.29, 0.717) is 12.1 Å². The van der Waals surface area contributed by atoms with E-state index in [1.165, 1.54) is 11.3 Å². The minimum atomic E-state index is -0.982. The molecular weight excluding hydrogens is 354 g/mol. The molecule has 8 heteroatoms. The molecule has 0 saturated heterocycles. The van der Waals surface area contributed by atoms with E-state index in [4.69, 9.17) is 0 Å². The third kappa shape index (κ3) is 3.13. The van der Waals surface area contributed by atoms with Gasteiger partial charge in [0.05, 0.1) is 11.0 Å². The van der Waals surface area contributed by atoms with Gasteiger partial charge < -0.3 is 5.32 Å². The highest BCUT2D eigenvalue weighted by molar-refractivity contribution is 9.10. The fraction of sp³-hybridized carbons (Fsp3) is 0.167. The second-order valence-corrected chi connectivity index (χ2v) is 6.20. The molecule has 106 valence electrons. The first-order valence-electron chi connectivity index (χ1n) is 5.50. The smallest absolute Gasteiger partial charge is 0.298 e. The Morgan fingerprint density at radius 1 is 1.40 bits per heavy atom. The van der Waals surface area contributed by atoms with Crippen molar-refractivity contribution in [2.45, 2.75) is 13.5 Å². The number of thiophene rings is 1. The van der Waals surface area contributed by atoms with Crippen molar-refractivity contribution in [3.8, 4) is 0 Å². The molecule has 0 atom stereocenters. The van der Waals surface area contributed by atoms with Gasteiger partial charge in [-0.15, -0.1) is 11.3 Å². The van der Waals surface area contributed by atoms with Crippen LogP contribution >= 0.6 is 27.3 Å². The molecule has 0 unspecified atom stereocenters. The van der Waals surface area contributed by atoms with Crippen molar-refractivity contribution in [3.63, 3.8) is 0 Å². The second kappa shape index (κ2) is 5.84. The number of nitrogens with one attached hydrogen (secondary N) is 1. The fourth-order valence-corrected chi connectivity index (χ4v) is 3.20. The molecule has 1 heterocycles. The van der Waals surface area contributed by atoms with Gasteiger partial charge in [-0.2, -0.15) is 0 Å². The maximum Gasteiger partial charge on any atom is 0.298 e. The van der Waals surface area contributed by atoms with Gasteiger partial charge in [0, 0.05) is 26.8 Å². The molecule has 0 aliphatic rings. The Morgan fingerprint density at radius 2 is 2.10 bits per heavy atom. The third-order valence-electron chi connectivity index (χ3n) is 2.58. The highest BCUT2D eigenvalue weighted by Crippen LogP contribution is 2.31. The topological polar surface area (TPSA) is 55.2 Å². The van der Waals surface area contributed by atoms with Crippen LogP contribution in [-0.4, -0.2) is 4.92 Å². The van der Waals surface area contributed by atoms with E-state index in [1.54, 1.807) is 0 Å². The molecule has 1 aromatic carbocycles. The number of rotatable bonds is 4. The van der Waals surface area contributed by atoms with Crippen molar-refractivity contribution in [1.82, 2.24) is 0 Å². The van der Waals surface area contributed by atoms with E-state index in [-0.39, 0.29) is 12.2 Å². The Hall–Kier alpha value is -1.54. The van der Waals surface area contributed by atoms with E-state index in [0.717, 1.165) is 14.2 Å². The van der Waals surface area contributed by atoms with Gasteiger partial charge >= 0.3 is 0 Å². The standard InChI is InChI=1S/C12H9BrF2N2O2S/c1-6-9(13)4-8(20-6)5-16-12-10(15)2-7(14)3-11(12)17(18)19/h2-4,16H,5H2,1H3. The Bertz CT molecular complexity index is 656. The summed E-state index contributed by atoms with van der Waals surface area (Å²) in [5.74, 6) is -1.96. The summed E-state index contributed by atoms with van der Waals surface area (Å²) in [6.45, 7) is 2.14. The molecule has 0 bridgehead atoms. The van der Waals surface area contributed by atoms with Crippen LogP contribution in [0.5, 0.6) is 0 Å². The van der Waals surface area contributed by atoms with E-state index in [9.17, 15) is 18.9 Å². The Balaban J connectivity index is 2.27. The van der Waals surface area contributed by atoms with Gasteiger partial charge in [-0.05, 0) is 28.9 Å². The molecule has 20 heavy (non-hydrogen) atoms. The fourth-order valence-electron chi connectivity index (χ4n) is 1.66. The van der Waals surface area contributed by atoms with E-state index in [2.05, 4.69) is 21.2 Å². The van der Waals surface area contributed by atoms with Crippen molar-refractivity contribution in [2.24, 2.45) is 0 Å². The second-order valence-electron chi connectivity index (χ2n) is 4.01. The van der Waals surface area contributed by atoms with Crippen LogP contribution < -0.4 is 5.32 Å². The summed E-state index contributed by atoms with van der Waals surface area (Å²) >= 11 is 4.84. The number of benzene rings is 1. The summed E-state index contributed by atoms with van der Waals surface area (Å²) in [4.78, 5) is 11.9. The lowest BCUT2D eigenvalue weighted by atomic mass is 10.2. The largest absolute Gasteiger partial charge is 0.372 e. The van der Waals surface area contributed by atoms with E-state index >= 15 is 0 Å². The average molecular weight is 363 g/mol. The molecule has 0 fully saturated rings. The van der Waals surface area contributed by atoms with E-state index < -0.39 is 22.2 Å². The van der Waals surface area contributed by atoms with Gasteiger partial charge in [0.2, 0.25) is 0 Å². The van der Waals surface area contributed by atoms with Crippen LogP contribution in [0.15, 0.2) is 22.7 Å². The van der Waals surface area contributed by atoms with Gasteiger partial charge in [-0.1, -0.05) is 0 Å². The van der Waals surface area contributed by atoms with Gasteiger partial charge in [0.1, 0.15) is 11.5 Å². The van der Waals surface area contributed by atoms with Crippen LogP contribution in [0.1, 0.15) is 9.75 Å². The van der Waals surface area contributed by atoms with Crippen molar-refractivity contribution in [3.05, 3.63) is 54.2 Å². The first-order chi connectivity index (χ1) is 9.38. The molecule has 0 aliphatic heterocycles. The molecule has 0 amide bonds. The zero-order valence-electron chi connectivity index (χ0n) is 10.2. The maximum absolute atomic E-state index is 13.6. The summed E-state index contributed by atoms with van der Waals surface area (Å²) in [7, 11) is 0. The first-order valence-corrected chi connectivity index (χ1v) is 7.11. The van der Waals surface area contributed by atoms with Gasteiger partial charge in [-0.3, -0.25) is 10.1 Å². The van der Waals surface area contributed by atoms with Crippen molar-refractivity contribution >= 4 is 38.6 Å². The van der Waals surface area contributed by atoms with Gasteiger partial charge in [0.15, 0.2) is 5.82 Å². The van der Waals surface area contributed by atoms with Crippen molar-refractivity contribution in [2.75, 3.05) is 5.32 Å². The predicted octanol–water partition coefficient (Wildman–Crippen LogP) is 4.62. The van der Waals surface area contributed by atoms with Crippen LogP contribution in [0.3, 0.4) is 0 Å². The molecule has 2 rings (SSSR count). The SMILES string of the molecule is Cc1sc(CNc2c(F)cc(F)cc2[N+](=O)[O-])cc1Br. The Morgan fingerprint density at radius 3 is 2.65 bits per heavy atom. The average Bonchev–Trinajstić information content (AvgIpc) is 2.66. The Kier molecular flexibility index (Phi) is 4.34. The van der Waals surface area contributed by atoms with Crippen LogP contribution in [0.4, 0.5) is 20.2 Å². The minimum absolute atomic E-state index is 0.223. The lowest BCUT2D eigenvalue weighted by molar-refractivity contribution is -0.384. The minimum Gasteiger partial charge on any atom is -0.372 e. The molecule has 0 spiro atoms. The van der Waals surface area contributed by atoms with Crippen LogP contribution in [0.2, 0.25) is 0 Å². The normalized spacial score (nSPS) is 10.6. The summed E-state index contributed by atoms with van der Waals surface area (Å²) < 4.78 is 27.6. The molecular formula is C12H9BrF2N2O2S. The van der Waals surface area contributed by atoms with Crippen LogP contribution in [-0.2, 0) is 6.54 Å². The summed E-state index contributed by atoms with van der Waals surface area (Å²) in [5.41, 5.74) is -0.923. The number of hydrogen-bond donors (Lipinski definition) is 1. The first kappa shape index (κ1) is 14.9. The number of nitrogens with zero attached hydrogens (tertiary/aromatic N) is 1. The summed E-state index contributed by atoms with van der Waals surface area (Å²) in [5, 5.41) is 13.5. The third-order valence-corrected chi connectivity index (χ3v) is 4.72. The predicted molar refractivity (Wildman–Crippen MR) is 77.1 cm³/mol. The van der Waals surface area contributed by atoms with Gasteiger partial charge in [-0.25, -0.2) is 8.78 Å². The number of hydrogen-bond acceptors (Lipinski definition) is 4. The number of aryl methyl sites for hydroxylation is 1. The zero-order chi connectivity index (χ0) is 14.9. The summed E-state index contributed by atoms with van der Waals surface area (Å²) in [6.07, 6.45) is 0. The lowest BCUT2D eigenvalue weighted by Gasteiger charge is -2.07. The highest BCUT2D eigenvalue weighted by Gasteiger charge is 2.20. The van der Waals surface area contributed by atoms with E-state index in [1.807, 2.05) is 13.0 Å². The summed E-state index contributed by atoms with van der Waals surface area (Å²) in [6, 6.07) is 3.16. The number of nitro groups is 1. The van der Waals surface area contributed by atoms with Crippen LogP contribution in [0, 0.1) is 28.7 Å². The maximum atomic E-state index is 13.6. The lowest BCUT2D eigenvalue weighted by Crippen LogP contribution is -2.04.